The van der Waals surface area contributed by atoms with E-state index in [-0.39, 0.29) is 20.6 Å². The molecule has 0 atom stereocenters. The molecule has 0 fully saturated rings. The Morgan fingerprint density at radius 2 is 1.30 bits per heavy atom. The highest BCUT2D eigenvalue weighted by Gasteiger charge is 2.41. The van der Waals surface area contributed by atoms with E-state index in [1.807, 2.05) is 0 Å². The minimum absolute atomic E-state index is 0.0981. The molecule has 0 aliphatic carbocycles. The molecule has 0 saturated carbocycles. The van der Waals surface area contributed by atoms with E-state index in [0.29, 0.717) is 12.1 Å². The molecule has 0 aliphatic rings. The van der Waals surface area contributed by atoms with Gasteiger partial charge in [0.2, 0.25) is 0 Å². The highest BCUT2D eigenvalue weighted by molar-refractivity contribution is 6.46. The maximum atomic E-state index is 13.1. The smallest absolute Gasteiger partial charge is 0.238 e. The first-order valence-electron chi connectivity index (χ1n) is 5.72. The third-order valence-corrected chi connectivity index (χ3v) is 3.89. The number of benzene rings is 1. The van der Waals surface area contributed by atoms with Crippen molar-refractivity contribution in [2.45, 2.75) is 12.4 Å². The Hall–Kier alpha value is -1.18. The van der Waals surface area contributed by atoms with E-state index in [0.717, 1.165) is 0 Å². The molecule has 0 radical (unpaired) electrons. The summed E-state index contributed by atoms with van der Waals surface area (Å²) in [4.78, 5) is 2.69. The third kappa shape index (κ3) is 3.67. The van der Waals surface area contributed by atoms with Crippen molar-refractivity contribution in [3.05, 3.63) is 50.7 Å². The van der Waals surface area contributed by atoms with Gasteiger partial charge < -0.3 is 0 Å². The number of halogens is 9. The molecule has 0 amide bonds. The normalized spacial score (nSPS) is 12.6. The van der Waals surface area contributed by atoms with Gasteiger partial charge in [0.1, 0.15) is 5.69 Å². The molecule has 1 heterocycles. The molecule has 0 aliphatic heterocycles. The fourth-order valence-electron chi connectivity index (χ4n) is 1.81. The van der Waals surface area contributed by atoms with Gasteiger partial charge in [0.25, 0.3) is 0 Å². The minimum atomic E-state index is -5.15. The zero-order valence-corrected chi connectivity index (χ0v) is 12.9. The minimum Gasteiger partial charge on any atom is -0.238 e. The summed E-state index contributed by atoms with van der Waals surface area (Å²) < 4.78 is 77.2. The van der Waals surface area contributed by atoms with E-state index >= 15 is 0 Å². The maximum absolute atomic E-state index is 13.1. The zero-order valence-electron chi connectivity index (χ0n) is 10.7. The number of aromatic nitrogens is 1. The lowest BCUT2D eigenvalue weighted by atomic mass is 10.0. The number of hydrogen-bond donors (Lipinski definition) is 0. The topological polar surface area (TPSA) is 12.9 Å². The van der Waals surface area contributed by atoms with Crippen LogP contribution in [0.25, 0.3) is 11.1 Å². The van der Waals surface area contributed by atoms with Gasteiger partial charge in [-0.25, -0.2) is 4.98 Å². The van der Waals surface area contributed by atoms with Crippen molar-refractivity contribution in [3.63, 3.8) is 0 Å². The molecule has 0 N–H and O–H groups in total. The Kier molecular flexibility index (Phi) is 4.76. The van der Waals surface area contributed by atoms with Crippen molar-refractivity contribution >= 4 is 34.8 Å². The summed E-state index contributed by atoms with van der Waals surface area (Å²) in [6.07, 6.45) is -10.2. The fraction of sp³-hybridized carbons (Fsp3) is 0.154. The first kappa shape index (κ1) is 18.2. The van der Waals surface area contributed by atoms with E-state index in [1.165, 1.54) is 12.1 Å². The second-order valence-electron chi connectivity index (χ2n) is 4.31. The quantitative estimate of drug-likeness (QED) is 0.385. The molecule has 1 nitrogen and oxygen atoms in total. The van der Waals surface area contributed by atoms with Crippen molar-refractivity contribution < 1.29 is 26.3 Å². The van der Waals surface area contributed by atoms with E-state index in [1.54, 1.807) is 0 Å². The Balaban J connectivity index is 2.81. The van der Waals surface area contributed by atoms with Crippen LogP contribution < -0.4 is 0 Å². The second-order valence-corrected chi connectivity index (χ2v) is 5.50. The lowest BCUT2D eigenvalue weighted by Gasteiger charge is -2.17. The largest absolute Gasteiger partial charge is 0.433 e. The Bertz CT molecular complexity index is 755. The van der Waals surface area contributed by atoms with Crippen LogP contribution in [0.4, 0.5) is 26.3 Å². The van der Waals surface area contributed by atoms with Gasteiger partial charge in [-0.05, 0) is 24.3 Å². The summed E-state index contributed by atoms with van der Waals surface area (Å²) in [7, 11) is 0. The summed E-state index contributed by atoms with van der Waals surface area (Å²) in [5.41, 5.74) is -4.46. The summed E-state index contributed by atoms with van der Waals surface area (Å²) >= 11 is 17.4. The number of pyridine rings is 1. The monoisotopic (exact) mass is 393 g/mol. The van der Waals surface area contributed by atoms with Crippen molar-refractivity contribution in [2.24, 2.45) is 0 Å². The predicted octanol–water partition coefficient (Wildman–Crippen LogP) is 6.75. The average Bonchev–Trinajstić information content (AvgIpc) is 2.41. The number of rotatable bonds is 1. The standard InChI is InChI=1S/C13H4Cl3F6N/c14-6-2-3-7(15)10(16)9(6)5-1-4-8(12(17,18)19)23-11(5)13(20,21)22/h1-4H. The van der Waals surface area contributed by atoms with Crippen LogP contribution in [-0.2, 0) is 12.4 Å². The van der Waals surface area contributed by atoms with Crippen LogP contribution in [0.3, 0.4) is 0 Å². The van der Waals surface area contributed by atoms with Crippen LogP contribution in [0.5, 0.6) is 0 Å². The van der Waals surface area contributed by atoms with Gasteiger partial charge in [-0.2, -0.15) is 26.3 Å². The van der Waals surface area contributed by atoms with Gasteiger partial charge in [0, 0.05) is 11.1 Å². The summed E-state index contributed by atoms with van der Waals surface area (Å²) in [6, 6.07) is 3.46. The van der Waals surface area contributed by atoms with Crippen LogP contribution >= 0.6 is 34.8 Å². The van der Waals surface area contributed by atoms with Crippen LogP contribution in [0, 0.1) is 0 Å². The van der Waals surface area contributed by atoms with Gasteiger partial charge in [-0.3, -0.25) is 0 Å². The van der Waals surface area contributed by atoms with Gasteiger partial charge in [0.05, 0.1) is 15.1 Å². The van der Waals surface area contributed by atoms with Crippen LogP contribution in [0.2, 0.25) is 15.1 Å². The van der Waals surface area contributed by atoms with Gasteiger partial charge in [0.15, 0.2) is 5.69 Å². The molecular formula is C13H4Cl3F6N. The lowest BCUT2D eigenvalue weighted by molar-refractivity contribution is -0.149. The van der Waals surface area contributed by atoms with Crippen molar-refractivity contribution in [3.8, 4) is 11.1 Å². The molecule has 1 aromatic carbocycles. The third-order valence-electron chi connectivity index (χ3n) is 2.77. The number of hydrogen-bond acceptors (Lipinski definition) is 1. The highest BCUT2D eigenvalue weighted by Crippen LogP contribution is 2.44. The molecule has 2 rings (SSSR count). The molecule has 2 aromatic rings. The van der Waals surface area contributed by atoms with E-state index < -0.39 is 29.3 Å². The molecule has 1 aromatic heterocycles. The van der Waals surface area contributed by atoms with Gasteiger partial charge in [-0.1, -0.05) is 34.8 Å². The highest BCUT2D eigenvalue weighted by atomic mass is 35.5. The summed E-state index contributed by atoms with van der Waals surface area (Å²) in [5, 5.41) is -0.614. The summed E-state index contributed by atoms with van der Waals surface area (Å²) in [6.45, 7) is 0. The van der Waals surface area contributed by atoms with E-state index in [2.05, 4.69) is 4.98 Å². The lowest BCUT2D eigenvalue weighted by Crippen LogP contribution is -2.16. The molecule has 0 bridgehead atoms. The Morgan fingerprint density at radius 3 is 1.83 bits per heavy atom. The van der Waals surface area contributed by atoms with Crippen molar-refractivity contribution in [1.29, 1.82) is 0 Å². The predicted molar refractivity (Wildman–Crippen MR) is 74.7 cm³/mol. The molecule has 0 saturated heterocycles. The first-order chi connectivity index (χ1) is 10.4. The first-order valence-corrected chi connectivity index (χ1v) is 6.85. The zero-order chi connectivity index (χ0) is 17.6. The van der Waals surface area contributed by atoms with Crippen molar-refractivity contribution in [2.75, 3.05) is 0 Å². The molecule has 124 valence electrons. The molecule has 10 heteroatoms. The molecule has 23 heavy (non-hydrogen) atoms. The Morgan fingerprint density at radius 1 is 0.739 bits per heavy atom. The van der Waals surface area contributed by atoms with Gasteiger partial charge >= 0.3 is 12.4 Å². The van der Waals surface area contributed by atoms with Crippen LogP contribution in [0.1, 0.15) is 11.4 Å². The van der Waals surface area contributed by atoms with Gasteiger partial charge in [-0.15, -0.1) is 0 Å². The SMILES string of the molecule is FC(F)(F)c1ccc(-c2c(Cl)ccc(Cl)c2Cl)c(C(F)(F)F)n1. The van der Waals surface area contributed by atoms with E-state index in [4.69, 9.17) is 34.8 Å². The molecular weight excluding hydrogens is 390 g/mol. The maximum Gasteiger partial charge on any atom is 0.433 e. The number of alkyl halides is 6. The number of nitrogens with zero attached hydrogens (tertiary/aromatic N) is 1. The van der Waals surface area contributed by atoms with Crippen molar-refractivity contribution in [1.82, 2.24) is 4.98 Å². The van der Waals surface area contributed by atoms with Crippen LogP contribution in [-0.4, -0.2) is 4.98 Å². The Labute approximate surface area is 140 Å². The molecule has 0 spiro atoms. The fourth-order valence-corrected chi connectivity index (χ4v) is 2.54. The summed E-state index contributed by atoms with van der Waals surface area (Å²) in [5.74, 6) is 0. The second kappa shape index (κ2) is 6.03. The molecule has 0 unspecified atom stereocenters. The average molecular weight is 395 g/mol. The van der Waals surface area contributed by atoms with Crippen LogP contribution in [0.15, 0.2) is 24.3 Å². The van der Waals surface area contributed by atoms with E-state index in [9.17, 15) is 26.3 Å².